The summed E-state index contributed by atoms with van der Waals surface area (Å²) in [6.07, 6.45) is 3.98. The average molecular weight is 264 g/mol. The number of nitro benzene ring substituents is 1. The minimum atomic E-state index is -0.313. The van der Waals surface area contributed by atoms with E-state index < -0.39 is 0 Å². The van der Waals surface area contributed by atoms with Crippen molar-refractivity contribution in [2.24, 2.45) is 0 Å². The zero-order chi connectivity index (χ0) is 13.8. The summed E-state index contributed by atoms with van der Waals surface area (Å²) in [5, 5.41) is 20.2. The van der Waals surface area contributed by atoms with Crippen molar-refractivity contribution in [2.45, 2.75) is 38.6 Å². The van der Waals surface area contributed by atoms with Gasteiger partial charge in [-0.15, -0.1) is 0 Å². The van der Waals surface area contributed by atoms with Crippen molar-refractivity contribution in [1.29, 1.82) is 0 Å². The second-order valence-corrected chi connectivity index (χ2v) is 5.06. The van der Waals surface area contributed by atoms with Gasteiger partial charge in [0.25, 0.3) is 5.69 Å². The Morgan fingerprint density at radius 1 is 1.47 bits per heavy atom. The topological polar surface area (TPSA) is 66.6 Å². The number of nitrogens with zero attached hydrogens (tertiary/aromatic N) is 2. The average Bonchev–Trinajstić information content (AvgIpc) is 2.32. The molecule has 0 aliphatic heterocycles. The molecule has 5 nitrogen and oxygen atoms in total. The molecule has 1 aromatic rings. The highest BCUT2D eigenvalue weighted by atomic mass is 16.6. The minimum absolute atomic E-state index is 0.114. The number of aryl methyl sites for hydroxylation is 1. The number of benzene rings is 1. The van der Waals surface area contributed by atoms with Gasteiger partial charge in [-0.2, -0.15) is 0 Å². The fourth-order valence-electron chi connectivity index (χ4n) is 2.58. The third-order valence-corrected chi connectivity index (χ3v) is 3.77. The van der Waals surface area contributed by atoms with Crippen LogP contribution in [0.1, 0.15) is 31.2 Å². The van der Waals surface area contributed by atoms with Crippen LogP contribution in [0.2, 0.25) is 0 Å². The van der Waals surface area contributed by atoms with Gasteiger partial charge in [0.05, 0.1) is 4.92 Å². The second kappa shape index (κ2) is 6.02. The molecular formula is C14H20N2O3. The Balaban J connectivity index is 2.36. The zero-order valence-electron chi connectivity index (χ0n) is 11.2. The normalized spacial score (nSPS) is 15.1. The molecule has 5 heteroatoms. The van der Waals surface area contributed by atoms with Gasteiger partial charge < -0.3 is 10.0 Å². The molecule has 2 rings (SSSR count). The van der Waals surface area contributed by atoms with Gasteiger partial charge in [0.1, 0.15) is 5.69 Å². The van der Waals surface area contributed by atoms with Crippen LogP contribution in [0.15, 0.2) is 18.2 Å². The lowest BCUT2D eigenvalue weighted by Gasteiger charge is -2.39. The second-order valence-electron chi connectivity index (χ2n) is 5.06. The number of aliphatic hydroxyl groups is 1. The van der Waals surface area contributed by atoms with Crippen LogP contribution in [-0.2, 0) is 0 Å². The van der Waals surface area contributed by atoms with Crippen molar-refractivity contribution in [3.63, 3.8) is 0 Å². The monoisotopic (exact) mass is 264 g/mol. The SMILES string of the molecule is Cc1cccc([N+](=O)[O-])c1N(CCCO)C1CCC1. The number of hydrogen-bond donors (Lipinski definition) is 1. The molecule has 1 aliphatic rings. The Morgan fingerprint density at radius 3 is 2.74 bits per heavy atom. The molecule has 104 valence electrons. The van der Waals surface area contributed by atoms with Crippen molar-refractivity contribution in [1.82, 2.24) is 0 Å². The molecule has 19 heavy (non-hydrogen) atoms. The van der Waals surface area contributed by atoms with E-state index in [1.54, 1.807) is 12.1 Å². The molecule has 1 N–H and O–H groups in total. The van der Waals surface area contributed by atoms with Gasteiger partial charge in [-0.25, -0.2) is 0 Å². The van der Waals surface area contributed by atoms with E-state index in [4.69, 9.17) is 5.11 Å². The summed E-state index contributed by atoms with van der Waals surface area (Å²) in [5.74, 6) is 0. The Labute approximate surface area is 113 Å². The molecule has 1 aliphatic carbocycles. The molecule has 1 aromatic carbocycles. The lowest BCUT2D eigenvalue weighted by Crippen LogP contribution is -2.41. The van der Waals surface area contributed by atoms with Crippen LogP contribution in [0.5, 0.6) is 0 Å². The molecule has 0 saturated heterocycles. The largest absolute Gasteiger partial charge is 0.396 e. The summed E-state index contributed by atoms with van der Waals surface area (Å²) < 4.78 is 0. The molecule has 0 radical (unpaired) electrons. The van der Waals surface area contributed by atoms with Crippen molar-refractivity contribution in [3.8, 4) is 0 Å². The standard InChI is InChI=1S/C14H20N2O3/c1-11-5-2-8-13(16(18)19)14(11)15(9-4-10-17)12-6-3-7-12/h2,5,8,12,17H,3-4,6-7,9-10H2,1H3. The molecule has 1 saturated carbocycles. The Morgan fingerprint density at radius 2 is 2.21 bits per heavy atom. The quantitative estimate of drug-likeness (QED) is 0.633. The summed E-state index contributed by atoms with van der Waals surface area (Å²) in [6, 6.07) is 5.58. The molecule has 0 amide bonds. The van der Waals surface area contributed by atoms with Gasteiger partial charge in [-0.05, 0) is 38.2 Å². The number of hydrogen-bond acceptors (Lipinski definition) is 4. The summed E-state index contributed by atoms with van der Waals surface area (Å²) in [5.41, 5.74) is 1.83. The Hall–Kier alpha value is -1.62. The highest BCUT2D eigenvalue weighted by Crippen LogP contribution is 2.37. The maximum Gasteiger partial charge on any atom is 0.292 e. The van der Waals surface area contributed by atoms with Crippen molar-refractivity contribution < 1.29 is 10.0 Å². The van der Waals surface area contributed by atoms with Crippen LogP contribution in [0.25, 0.3) is 0 Å². The first-order valence-electron chi connectivity index (χ1n) is 6.76. The van der Waals surface area contributed by atoms with Gasteiger partial charge in [-0.1, -0.05) is 12.1 Å². The lowest BCUT2D eigenvalue weighted by molar-refractivity contribution is -0.384. The van der Waals surface area contributed by atoms with E-state index in [9.17, 15) is 10.1 Å². The van der Waals surface area contributed by atoms with Crippen LogP contribution < -0.4 is 4.90 Å². The third kappa shape index (κ3) is 2.87. The highest BCUT2D eigenvalue weighted by Gasteiger charge is 2.30. The van der Waals surface area contributed by atoms with E-state index >= 15 is 0 Å². The summed E-state index contributed by atoms with van der Waals surface area (Å²) in [4.78, 5) is 13.0. The van der Waals surface area contributed by atoms with Crippen LogP contribution in [0.4, 0.5) is 11.4 Å². The van der Waals surface area contributed by atoms with Gasteiger partial charge in [-0.3, -0.25) is 10.1 Å². The predicted molar refractivity (Wildman–Crippen MR) is 74.5 cm³/mol. The smallest absolute Gasteiger partial charge is 0.292 e. The predicted octanol–water partition coefficient (Wildman–Crippen LogP) is 2.64. The van der Waals surface area contributed by atoms with E-state index in [0.29, 0.717) is 19.0 Å². The first-order valence-corrected chi connectivity index (χ1v) is 6.76. The van der Waals surface area contributed by atoms with E-state index in [-0.39, 0.29) is 17.2 Å². The fraction of sp³-hybridized carbons (Fsp3) is 0.571. The van der Waals surface area contributed by atoms with E-state index in [0.717, 1.165) is 24.1 Å². The summed E-state index contributed by atoms with van der Waals surface area (Å²) >= 11 is 0. The van der Waals surface area contributed by atoms with E-state index in [1.807, 2.05) is 13.0 Å². The zero-order valence-corrected chi connectivity index (χ0v) is 11.2. The first kappa shape index (κ1) is 13.8. The lowest BCUT2D eigenvalue weighted by atomic mass is 9.90. The highest BCUT2D eigenvalue weighted by molar-refractivity contribution is 5.68. The van der Waals surface area contributed by atoms with E-state index in [1.165, 1.54) is 6.42 Å². The van der Waals surface area contributed by atoms with Gasteiger partial charge in [0.2, 0.25) is 0 Å². The molecule has 0 aromatic heterocycles. The maximum atomic E-state index is 11.2. The van der Waals surface area contributed by atoms with Crippen LogP contribution in [0.3, 0.4) is 0 Å². The Bertz CT molecular complexity index is 458. The molecule has 0 atom stereocenters. The minimum Gasteiger partial charge on any atom is -0.396 e. The number of anilines is 1. The molecule has 1 fully saturated rings. The van der Waals surface area contributed by atoms with Crippen LogP contribution in [-0.4, -0.2) is 29.2 Å². The number of rotatable bonds is 6. The van der Waals surface area contributed by atoms with E-state index in [2.05, 4.69) is 4.90 Å². The van der Waals surface area contributed by atoms with Crippen molar-refractivity contribution in [2.75, 3.05) is 18.1 Å². The summed E-state index contributed by atoms with van der Waals surface area (Å²) in [7, 11) is 0. The molecule has 0 bridgehead atoms. The van der Waals surface area contributed by atoms with Gasteiger partial charge in [0, 0.05) is 25.3 Å². The molecular weight excluding hydrogens is 244 g/mol. The van der Waals surface area contributed by atoms with Gasteiger partial charge >= 0.3 is 0 Å². The molecule has 0 heterocycles. The third-order valence-electron chi connectivity index (χ3n) is 3.77. The van der Waals surface area contributed by atoms with Crippen LogP contribution >= 0.6 is 0 Å². The number of para-hydroxylation sites is 1. The number of aliphatic hydroxyl groups excluding tert-OH is 1. The number of nitro groups is 1. The van der Waals surface area contributed by atoms with Crippen LogP contribution in [0, 0.1) is 17.0 Å². The van der Waals surface area contributed by atoms with Gasteiger partial charge in [0.15, 0.2) is 0 Å². The van der Waals surface area contributed by atoms with Crippen molar-refractivity contribution in [3.05, 3.63) is 33.9 Å². The Kier molecular flexibility index (Phi) is 4.37. The molecule has 0 unspecified atom stereocenters. The van der Waals surface area contributed by atoms with Crippen molar-refractivity contribution >= 4 is 11.4 Å². The fourth-order valence-corrected chi connectivity index (χ4v) is 2.58. The maximum absolute atomic E-state index is 11.2. The molecule has 0 spiro atoms. The summed E-state index contributed by atoms with van der Waals surface area (Å²) in [6.45, 7) is 2.70. The first-order chi connectivity index (χ1) is 9.15.